The summed E-state index contributed by atoms with van der Waals surface area (Å²) >= 11 is 0. The van der Waals surface area contributed by atoms with Crippen LogP contribution >= 0.6 is 0 Å². The number of amides is 1. The molecule has 2 aliphatic rings. The lowest BCUT2D eigenvalue weighted by Crippen LogP contribution is -2.54. The Balaban J connectivity index is 1.52. The van der Waals surface area contributed by atoms with Crippen molar-refractivity contribution in [2.75, 3.05) is 38.3 Å². The zero-order valence-electron chi connectivity index (χ0n) is 18.7. The van der Waals surface area contributed by atoms with Gasteiger partial charge in [0.25, 0.3) is 0 Å². The first-order valence-electron chi connectivity index (χ1n) is 11.1. The van der Waals surface area contributed by atoms with Gasteiger partial charge >= 0.3 is 0 Å². The van der Waals surface area contributed by atoms with E-state index in [9.17, 15) is 10.1 Å². The first kappa shape index (κ1) is 22.0. The van der Waals surface area contributed by atoms with Crippen LogP contribution in [0.1, 0.15) is 48.9 Å². The molecule has 2 fully saturated rings. The van der Waals surface area contributed by atoms with Gasteiger partial charge in [0.1, 0.15) is 24.2 Å². The van der Waals surface area contributed by atoms with Gasteiger partial charge in [-0.15, -0.1) is 0 Å². The summed E-state index contributed by atoms with van der Waals surface area (Å²) in [5.74, 6) is 1.86. The van der Waals surface area contributed by atoms with Crippen LogP contribution in [0.4, 0.5) is 5.82 Å². The molecule has 2 aromatic rings. The second-order valence-corrected chi connectivity index (χ2v) is 8.40. The predicted octanol–water partition coefficient (Wildman–Crippen LogP) is 2.88. The van der Waals surface area contributed by atoms with Crippen molar-refractivity contribution in [1.29, 1.82) is 5.26 Å². The third-order valence-electron chi connectivity index (χ3n) is 5.99. The van der Waals surface area contributed by atoms with Crippen molar-refractivity contribution in [2.24, 2.45) is 0 Å². The molecular formula is C24H29N5O3. The number of hydrogen-bond donors (Lipinski definition) is 0. The number of carbonyl (C=O) groups is 1. The fourth-order valence-electron chi connectivity index (χ4n) is 4.08. The van der Waals surface area contributed by atoms with Crippen LogP contribution in [0.15, 0.2) is 30.6 Å². The largest absolute Gasteiger partial charge is 0.487 e. The summed E-state index contributed by atoms with van der Waals surface area (Å²) in [5, 5.41) is 9.85. The molecule has 0 spiro atoms. The average Bonchev–Trinajstić information content (AvgIpc) is 3.66. The van der Waals surface area contributed by atoms with Gasteiger partial charge in [0.15, 0.2) is 0 Å². The molecule has 0 N–H and O–H groups in total. The minimum atomic E-state index is 0.0356. The number of piperazine rings is 1. The van der Waals surface area contributed by atoms with E-state index in [1.807, 2.05) is 30.0 Å². The number of hydrogen-bond acceptors (Lipinski definition) is 7. The van der Waals surface area contributed by atoms with E-state index in [-0.39, 0.29) is 11.9 Å². The molecule has 168 valence electrons. The van der Waals surface area contributed by atoms with Gasteiger partial charge < -0.3 is 19.3 Å². The second kappa shape index (κ2) is 9.96. The van der Waals surface area contributed by atoms with Gasteiger partial charge in [-0.1, -0.05) is 0 Å². The molecule has 1 aliphatic carbocycles. The number of carbonyl (C=O) groups excluding carboxylic acids is 1. The van der Waals surface area contributed by atoms with E-state index in [4.69, 9.17) is 14.5 Å². The number of nitriles is 1. The molecule has 0 aromatic carbocycles. The third kappa shape index (κ3) is 5.00. The van der Waals surface area contributed by atoms with E-state index in [0.717, 1.165) is 24.1 Å². The molecule has 4 rings (SSSR count). The van der Waals surface area contributed by atoms with Gasteiger partial charge in [-0.2, -0.15) is 5.26 Å². The SMILES string of the molecule is COCCC(=O)N1CCN(c2nc(C3CC3)c(OCc3ccncc3)cc2C#N)CC1C. The number of ether oxygens (including phenoxy) is 2. The Morgan fingerprint density at radius 2 is 2.06 bits per heavy atom. The predicted molar refractivity (Wildman–Crippen MR) is 119 cm³/mol. The summed E-state index contributed by atoms with van der Waals surface area (Å²) in [5.41, 5.74) is 2.46. The molecule has 0 radical (unpaired) electrons. The smallest absolute Gasteiger partial charge is 0.225 e. The Bertz CT molecular complexity index is 987. The van der Waals surface area contributed by atoms with Gasteiger partial charge in [0.2, 0.25) is 5.91 Å². The second-order valence-electron chi connectivity index (χ2n) is 8.40. The summed E-state index contributed by atoms with van der Waals surface area (Å²) < 4.78 is 11.1. The highest BCUT2D eigenvalue weighted by Gasteiger charge is 2.33. The summed E-state index contributed by atoms with van der Waals surface area (Å²) in [6.07, 6.45) is 6.04. The van der Waals surface area contributed by atoms with Crippen LogP contribution in [-0.2, 0) is 16.1 Å². The molecule has 8 heteroatoms. The first-order valence-corrected chi connectivity index (χ1v) is 11.1. The van der Waals surface area contributed by atoms with Crippen molar-refractivity contribution < 1.29 is 14.3 Å². The van der Waals surface area contributed by atoms with E-state index in [0.29, 0.717) is 62.3 Å². The van der Waals surface area contributed by atoms with E-state index in [1.54, 1.807) is 19.5 Å². The standard InChI is InChI=1S/C24H29N5O3/c1-17-15-28(10-11-29(17)22(30)7-12-31-2)24-20(14-25)13-21(23(27-24)19-3-4-19)32-16-18-5-8-26-9-6-18/h5-6,8-9,13,17,19H,3-4,7,10-12,15-16H2,1-2H3. The number of nitrogens with zero attached hydrogens (tertiary/aromatic N) is 5. The zero-order valence-corrected chi connectivity index (χ0v) is 18.7. The van der Waals surface area contributed by atoms with Crippen molar-refractivity contribution in [1.82, 2.24) is 14.9 Å². The molecule has 1 saturated heterocycles. The van der Waals surface area contributed by atoms with Crippen molar-refractivity contribution in [3.8, 4) is 11.8 Å². The molecule has 1 atom stereocenters. The molecule has 0 bridgehead atoms. The van der Waals surface area contributed by atoms with Crippen LogP contribution in [0.3, 0.4) is 0 Å². The van der Waals surface area contributed by atoms with Gasteiger partial charge in [-0.05, 0) is 37.5 Å². The van der Waals surface area contributed by atoms with Gasteiger partial charge in [0, 0.05) is 57.2 Å². The minimum Gasteiger partial charge on any atom is -0.487 e. The Morgan fingerprint density at radius 1 is 1.28 bits per heavy atom. The van der Waals surface area contributed by atoms with Crippen LogP contribution in [-0.4, -0.2) is 60.2 Å². The molecule has 1 saturated carbocycles. The molecular weight excluding hydrogens is 406 g/mol. The number of anilines is 1. The number of pyridine rings is 2. The lowest BCUT2D eigenvalue weighted by atomic mass is 10.1. The fourth-order valence-corrected chi connectivity index (χ4v) is 4.08. The maximum Gasteiger partial charge on any atom is 0.225 e. The number of aromatic nitrogens is 2. The zero-order chi connectivity index (χ0) is 22.5. The molecule has 8 nitrogen and oxygen atoms in total. The summed E-state index contributed by atoms with van der Waals surface area (Å²) in [6, 6.07) is 8.00. The highest BCUT2D eigenvalue weighted by Crippen LogP contribution is 2.45. The lowest BCUT2D eigenvalue weighted by Gasteiger charge is -2.40. The quantitative estimate of drug-likeness (QED) is 0.630. The third-order valence-corrected chi connectivity index (χ3v) is 5.99. The molecule has 3 heterocycles. The average molecular weight is 436 g/mol. The topological polar surface area (TPSA) is 91.6 Å². The van der Waals surface area contributed by atoms with Crippen LogP contribution in [0.5, 0.6) is 5.75 Å². The monoisotopic (exact) mass is 435 g/mol. The van der Waals surface area contributed by atoms with E-state index >= 15 is 0 Å². The summed E-state index contributed by atoms with van der Waals surface area (Å²) in [4.78, 5) is 25.5. The van der Waals surface area contributed by atoms with Crippen LogP contribution in [0.2, 0.25) is 0 Å². The first-order chi connectivity index (χ1) is 15.6. The van der Waals surface area contributed by atoms with E-state index in [1.165, 1.54) is 0 Å². The maximum absolute atomic E-state index is 12.5. The highest BCUT2D eigenvalue weighted by atomic mass is 16.5. The van der Waals surface area contributed by atoms with E-state index < -0.39 is 0 Å². The van der Waals surface area contributed by atoms with Gasteiger partial charge in [-0.25, -0.2) is 4.98 Å². The molecule has 1 amide bonds. The molecule has 1 unspecified atom stereocenters. The number of rotatable bonds is 8. The summed E-state index contributed by atoms with van der Waals surface area (Å²) in [7, 11) is 1.60. The molecule has 2 aromatic heterocycles. The maximum atomic E-state index is 12.5. The van der Waals surface area contributed by atoms with Crippen molar-refractivity contribution in [3.05, 3.63) is 47.4 Å². The van der Waals surface area contributed by atoms with E-state index in [2.05, 4.69) is 16.0 Å². The van der Waals surface area contributed by atoms with Crippen molar-refractivity contribution in [2.45, 2.75) is 44.8 Å². The molecule has 1 aliphatic heterocycles. The van der Waals surface area contributed by atoms with Crippen molar-refractivity contribution >= 4 is 11.7 Å². The van der Waals surface area contributed by atoms with Gasteiger partial charge in [0.05, 0.1) is 24.3 Å². The minimum absolute atomic E-state index is 0.0356. The number of methoxy groups -OCH3 is 1. The Kier molecular flexibility index (Phi) is 6.86. The molecule has 32 heavy (non-hydrogen) atoms. The van der Waals surface area contributed by atoms with Crippen LogP contribution in [0.25, 0.3) is 0 Å². The Morgan fingerprint density at radius 3 is 2.72 bits per heavy atom. The van der Waals surface area contributed by atoms with Crippen LogP contribution in [0, 0.1) is 11.3 Å². The van der Waals surface area contributed by atoms with Crippen molar-refractivity contribution in [3.63, 3.8) is 0 Å². The lowest BCUT2D eigenvalue weighted by molar-refractivity contribution is -0.134. The fraction of sp³-hybridized carbons (Fsp3) is 0.500. The highest BCUT2D eigenvalue weighted by molar-refractivity contribution is 5.77. The van der Waals surface area contributed by atoms with Gasteiger partial charge in [-0.3, -0.25) is 9.78 Å². The Hall–Kier alpha value is -3.18. The normalized spacial score (nSPS) is 18.3. The summed E-state index contributed by atoms with van der Waals surface area (Å²) in [6.45, 7) is 4.77. The van der Waals surface area contributed by atoms with Crippen LogP contribution < -0.4 is 9.64 Å². The Labute approximate surface area is 188 Å².